The molecule has 0 unspecified atom stereocenters. The summed E-state index contributed by atoms with van der Waals surface area (Å²) in [6.45, 7) is 3.40. The van der Waals surface area contributed by atoms with Crippen LogP contribution in [-0.4, -0.2) is 51.2 Å². The van der Waals surface area contributed by atoms with E-state index in [0.717, 1.165) is 38.2 Å². The Morgan fingerprint density at radius 3 is 2.48 bits per heavy atom. The van der Waals surface area contributed by atoms with Gasteiger partial charge < -0.3 is 19.7 Å². The average Bonchev–Trinajstić information content (AvgIpc) is 2.76. The highest BCUT2D eigenvalue weighted by molar-refractivity contribution is 5.85. The van der Waals surface area contributed by atoms with Gasteiger partial charge in [-0.25, -0.2) is 0 Å². The SMILES string of the molecule is COc1cccc(OC)c1CC(=O)N1CCCNCC1.Cl. The number of carbonyl (C=O) groups excluding carboxylic acids is 1. The third-order valence-electron chi connectivity index (χ3n) is 3.55. The van der Waals surface area contributed by atoms with Crippen LogP contribution in [0.25, 0.3) is 0 Å². The zero-order valence-corrected chi connectivity index (χ0v) is 13.4. The average molecular weight is 315 g/mol. The molecule has 1 amide bonds. The Balaban J connectivity index is 0.00000220. The molecule has 0 spiro atoms. The number of benzene rings is 1. The topological polar surface area (TPSA) is 50.8 Å². The third-order valence-corrected chi connectivity index (χ3v) is 3.55. The number of nitrogens with one attached hydrogen (secondary N) is 1. The molecule has 0 saturated carbocycles. The van der Waals surface area contributed by atoms with Gasteiger partial charge in [0.2, 0.25) is 5.91 Å². The first kappa shape index (κ1) is 17.6. The van der Waals surface area contributed by atoms with Gasteiger partial charge in [0.25, 0.3) is 0 Å². The number of ether oxygens (including phenoxy) is 2. The van der Waals surface area contributed by atoms with E-state index in [-0.39, 0.29) is 18.3 Å². The maximum atomic E-state index is 12.4. The second-order valence-electron chi connectivity index (χ2n) is 4.80. The molecule has 1 aromatic carbocycles. The summed E-state index contributed by atoms with van der Waals surface area (Å²) in [6.07, 6.45) is 1.31. The van der Waals surface area contributed by atoms with E-state index < -0.39 is 0 Å². The number of carbonyl (C=O) groups is 1. The van der Waals surface area contributed by atoms with Crippen LogP contribution < -0.4 is 14.8 Å². The smallest absolute Gasteiger partial charge is 0.227 e. The van der Waals surface area contributed by atoms with Crippen molar-refractivity contribution < 1.29 is 14.3 Å². The summed E-state index contributed by atoms with van der Waals surface area (Å²) in [5, 5.41) is 3.30. The second-order valence-corrected chi connectivity index (χ2v) is 4.80. The lowest BCUT2D eigenvalue weighted by Crippen LogP contribution is -2.35. The Kier molecular flexibility index (Phi) is 7.32. The van der Waals surface area contributed by atoms with Crippen molar-refractivity contribution in [1.82, 2.24) is 10.2 Å². The third kappa shape index (κ3) is 4.51. The maximum absolute atomic E-state index is 12.4. The zero-order chi connectivity index (χ0) is 14.4. The normalized spacial score (nSPS) is 14.9. The number of halogens is 1. The van der Waals surface area contributed by atoms with E-state index in [1.54, 1.807) is 14.2 Å². The minimum atomic E-state index is 0. The molecule has 118 valence electrons. The van der Waals surface area contributed by atoms with Crippen molar-refractivity contribution in [3.05, 3.63) is 23.8 Å². The zero-order valence-electron chi connectivity index (χ0n) is 12.6. The summed E-state index contributed by atoms with van der Waals surface area (Å²) >= 11 is 0. The van der Waals surface area contributed by atoms with E-state index in [9.17, 15) is 4.79 Å². The predicted octanol–water partition coefficient (Wildman–Crippen LogP) is 1.49. The van der Waals surface area contributed by atoms with Crippen LogP contribution in [0.2, 0.25) is 0 Å². The van der Waals surface area contributed by atoms with E-state index in [1.807, 2.05) is 23.1 Å². The van der Waals surface area contributed by atoms with E-state index in [1.165, 1.54) is 0 Å². The molecule has 5 nitrogen and oxygen atoms in total. The highest BCUT2D eigenvalue weighted by atomic mass is 35.5. The van der Waals surface area contributed by atoms with Gasteiger partial charge in [-0.05, 0) is 25.1 Å². The Morgan fingerprint density at radius 1 is 1.19 bits per heavy atom. The van der Waals surface area contributed by atoms with Gasteiger partial charge in [-0.1, -0.05) is 6.07 Å². The van der Waals surface area contributed by atoms with Crippen LogP contribution in [0.1, 0.15) is 12.0 Å². The molecular weight excluding hydrogens is 292 g/mol. The van der Waals surface area contributed by atoms with Crippen molar-refractivity contribution in [3.8, 4) is 11.5 Å². The molecule has 1 heterocycles. The van der Waals surface area contributed by atoms with Crippen LogP contribution in [0.3, 0.4) is 0 Å². The first-order valence-corrected chi connectivity index (χ1v) is 6.94. The Bertz CT molecular complexity index is 438. The van der Waals surface area contributed by atoms with Crippen molar-refractivity contribution in [2.24, 2.45) is 0 Å². The lowest BCUT2D eigenvalue weighted by molar-refractivity contribution is -0.130. The van der Waals surface area contributed by atoms with Gasteiger partial charge in [0.1, 0.15) is 11.5 Å². The monoisotopic (exact) mass is 314 g/mol. The van der Waals surface area contributed by atoms with Crippen molar-refractivity contribution in [1.29, 1.82) is 0 Å². The molecule has 0 aliphatic carbocycles. The molecule has 1 aliphatic heterocycles. The van der Waals surface area contributed by atoms with Gasteiger partial charge in [0.15, 0.2) is 0 Å². The Labute approximate surface area is 132 Å². The van der Waals surface area contributed by atoms with E-state index in [0.29, 0.717) is 17.9 Å². The second kappa shape index (κ2) is 8.74. The van der Waals surface area contributed by atoms with Crippen molar-refractivity contribution >= 4 is 18.3 Å². The first-order valence-electron chi connectivity index (χ1n) is 6.94. The van der Waals surface area contributed by atoms with Crippen LogP contribution in [0.4, 0.5) is 0 Å². The van der Waals surface area contributed by atoms with Crippen LogP contribution >= 0.6 is 12.4 Å². The predicted molar refractivity (Wildman–Crippen MR) is 84.6 cm³/mol. The number of hydrogen-bond acceptors (Lipinski definition) is 4. The molecule has 1 saturated heterocycles. The number of amides is 1. The number of hydrogen-bond donors (Lipinski definition) is 1. The summed E-state index contributed by atoms with van der Waals surface area (Å²) in [7, 11) is 3.22. The van der Waals surface area contributed by atoms with Crippen LogP contribution in [-0.2, 0) is 11.2 Å². The summed E-state index contributed by atoms with van der Waals surface area (Å²) < 4.78 is 10.7. The molecule has 0 atom stereocenters. The van der Waals surface area contributed by atoms with E-state index in [2.05, 4.69) is 5.32 Å². The van der Waals surface area contributed by atoms with Gasteiger partial charge in [-0.3, -0.25) is 4.79 Å². The molecule has 21 heavy (non-hydrogen) atoms. The molecule has 1 aromatic rings. The van der Waals surface area contributed by atoms with E-state index >= 15 is 0 Å². The summed E-state index contributed by atoms with van der Waals surface area (Å²) in [4.78, 5) is 14.4. The van der Waals surface area contributed by atoms with Crippen LogP contribution in [0, 0.1) is 0 Å². The fourth-order valence-electron chi connectivity index (χ4n) is 2.46. The van der Waals surface area contributed by atoms with Crippen molar-refractivity contribution in [2.45, 2.75) is 12.8 Å². The molecule has 0 bridgehead atoms. The van der Waals surface area contributed by atoms with Crippen molar-refractivity contribution in [2.75, 3.05) is 40.4 Å². The molecule has 6 heteroatoms. The number of methoxy groups -OCH3 is 2. The Hall–Kier alpha value is -1.46. The molecule has 0 radical (unpaired) electrons. The highest BCUT2D eigenvalue weighted by Crippen LogP contribution is 2.29. The van der Waals surface area contributed by atoms with Gasteiger partial charge in [0.05, 0.1) is 20.6 Å². The molecule has 1 aliphatic rings. The fourth-order valence-corrected chi connectivity index (χ4v) is 2.46. The van der Waals surface area contributed by atoms with Crippen molar-refractivity contribution in [3.63, 3.8) is 0 Å². The van der Waals surface area contributed by atoms with Gasteiger partial charge in [-0.15, -0.1) is 12.4 Å². The summed E-state index contributed by atoms with van der Waals surface area (Å²) in [5.41, 5.74) is 0.819. The quantitative estimate of drug-likeness (QED) is 0.915. The van der Waals surface area contributed by atoms with Gasteiger partial charge in [0, 0.05) is 25.2 Å². The van der Waals surface area contributed by atoms with Crippen LogP contribution in [0.15, 0.2) is 18.2 Å². The summed E-state index contributed by atoms with van der Waals surface area (Å²) in [5.74, 6) is 1.52. The lowest BCUT2D eigenvalue weighted by Gasteiger charge is -2.21. The maximum Gasteiger partial charge on any atom is 0.227 e. The van der Waals surface area contributed by atoms with E-state index in [4.69, 9.17) is 9.47 Å². The largest absolute Gasteiger partial charge is 0.496 e. The molecule has 1 N–H and O–H groups in total. The van der Waals surface area contributed by atoms with Crippen LogP contribution in [0.5, 0.6) is 11.5 Å². The highest BCUT2D eigenvalue weighted by Gasteiger charge is 2.19. The minimum Gasteiger partial charge on any atom is -0.496 e. The fraction of sp³-hybridized carbons (Fsp3) is 0.533. The van der Waals surface area contributed by atoms with Gasteiger partial charge >= 0.3 is 0 Å². The lowest BCUT2D eigenvalue weighted by atomic mass is 10.1. The molecule has 1 fully saturated rings. The number of rotatable bonds is 4. The number of nitrogens with zero attached hydrogens (tertiary/aromatic N) is 1. The summed E-state index contributed by atoms with van der Waals surface area (Å²) in [6, 6.07) is 5.58. The molecule has 0 aromatic heterocycles. The molecular formula is C15H23ClN2O3. The Morgan fingerprint density at radius 2 is 1.86 bits per heavy atom. The standard InChI is InChI=1S/C15H22N2O3.ClH/c1-19-13-5-3-6-14(20-2)12(13)11-15(18)17-9-4-7-16-8-10-17;/h3,5-6,16H,4,7-11H2,1-2H3;1H. The first-order chi connectivity index (χ1) is 9.76. The molecule has 2 rings (SSSR count). The van der Waals surface area contributed by atoms with Gasteiger partial charge in [-0.2, -0.15) is 0 Å². The minimum absolute atomic E-state index is 0.